The highest BCUT2D eigenvalue weighted by Crippen LogP contribution is 2.21. The summed E-state index contributed by atoms with van der Waals surface area (Å²) in [6, 6.07) is 5.63. The van der Waals surface area contributed by atoms with E-state index in [9.17, 15) is 4.79 Å². The van der Waals surface area contributed by atoms with E-state index in [0.717, 1.165) is 5.56 Å². The molecule has 1 atom stereocenters. The molecule has 2 N–H and O–H groups in total. The van der Waals surface area contributed by atoms with Crippen molar-refractivity contribution in [3.05, 3.63) is 29.3 Å². The second-order valence-electron chi connectivity index (χ2n) is 5.57. The number of hydrogen-bond acceptors (Lipinski definition) is 4. The number of carbonyl (C=O) groups excluding carboxylic acids is 1. The van der Waals surface area contributed by atoms with Crippen molar-refractivity contribution in [2.24, 2.45) is 11.1 Å². The van der Waals surface area contributed by atoms with E-state index in [0.29, 0.717) is 22.9 Å². The zero-order valence-corrected chi connectivity index (χ0v) is 13.3. The first-order valence-electron chi connectivity index (χ1n) is 7.07. The van der Waals surface area contributed by atoms with E-state index in [1.807, 2.05) is 45.9 Å². The molecular formula is C16H24N2O3. The standard InChI is InChI=1S/C16H24N2O3/c1-10(2)12(4)17-16(19)9-21-15-8-11(3)6-7-14(15)13(5)18-20/h6-8,10,12,20H,9H2,1-5H3,(H,17,19). The van der Waals surface area contributed by atoms with Gasteiger partial charge in [-0.15, -0.1) is 0 Å². The Kier molecular flexibility index (Phi) is 6.21. The van der Waals surface area contributed by atoms with Gasteiger partial charge in [0.15, 0.2) is 6.61 Å². The first-order chi connectivity index (χ1) is 9.85. The zero-order valence-electron chi connectivity index (χ0n) is 13.3. The van der Waals surface area contributed by atoms with Crippen molar-refractivity contribution >= 4 is 11.6 Å². The number of oxime groups is 1. The number of amides is 1. The summed E-state index contributed by atoms with van der Waals surface area (Å²) in [6.45, 7) is 9.61. The zero-order chi connectivity index (χ0) is 16.0. The predicted molar refractivity (Wildman–Crippen MR) is 83.1 cm³/mol. The van der Waals surface area contributed by atoms with E-state index >= 15 is 0 Å². The molecule has 0 bridgehead atoms. The number of rotatable bonds is 6. The summed E-state index contributed by atoms with van der Waals surface area (Å²) >= 11 is 0. The summed E-state index contributed by atoms with van der Waals surface area (Å²) in [5.41, 5.74) is 2.13. The molecule has 0 aromatic heterocycles. The normalized spacial score (nSPS) is 13.1. The number of nitrogens with one attached hydrogen (secondary N) is 1. The minimum absolute atomic E-state index is 0.0633. The van der Waals surface area contributed by atoms with Crippen molar-refractivity contribution < 1.29 is 14.7 Å². The van der Waals surface area contributed by atoms with Gasteiger partial charge in [-0.2, -0.15) is 0 Å². The highest BCUT2D eigenvalue weighted by Gasteiger charge is 2.13. The maximum Gasteiger partial charge on any atom is 0.258 e. The number of benzene rings is 1. The molecule has 1 aromatic carbocycles. The molecule has 0 radical (unpaired) electrons. The highest BCUT2D eigenvalue weighted by molar-refractivity contribution is 6.00. The van der Waals surface area contributed by atoms with Crippen LogP contribution in [0, 0.1) is 12.8 Å². The quantitative estimate of drug-likeness (QED) is 0.481. The molecule has 116 valence electrons. The van der Waals surface area contributed by atoms with Gasteiger partial charge in [0.05, 0.1) is 5.71 Å². The summed E-state index contributed by atoms with van der Waals surface area (Å²) in [7, 11) is 0. The largest absolute Gasteiger partial charge is 0.483 e. The Morgan fingerprint density at radius 2 is 2.05 bits per heavy atom. The first-order valence-corrected chi connectivity index (χ1v) is 7.07. The van der Waals surface area contributed by atoms with Crippen molar-refractivity contribution in [2.45, 2.75) is 40.7 Å². The molecule has 5 nitrogen and oxygen atoms in total. The maximum absolute atomic E-state index is 11.9. The van der Waals surface area contributed by atoms with Gasteiger partial charge in [0.25, 0.3) is 5.91 Å². The van der Waals surface area contributed by atoms with Crippen LogP contribution in [0.25, 0.3) is 0 Å². The van der Waals surface area contributed by atoms with Gasteiger partial charge in [-0.25, -0.2) is 0 Å². The van der Waals surface area contributed by atoms with Crippen LogP contribution in [0.3, 0.4) is 0 Å². The molecule has 0 saturated heterocycles. The molecule has 5 heteroatoms. The number of nitrogens with zero attached hydrogens (tertiary/aromatic N) is 1. The fourth-order valence-corrected chi connectivity index (χ4v) is 1.71. The second-order valence-corrected chi connectivity index (χ2v) is 5.57. The van der Waals surface area contributed by atoms with Crippen molar-refractivity contribution in [2.75, 3.05) is 6.61 Å². The minimum Gasteiger partial charge on any atom is -0.483 e. The smallest absolute Gasteiger partial charge is 0.258 e. The molecule has 0 spiro atoms. The lowest BCUT2D eigenvalue weighted by molar-refractivity contribution is -0.124. The fourth-order valence-electron chi connectivity index (χ4n) is 1.71. The van der Waals surface area contributed by atoms with Crippen molar-refractivity contribution in [1.82, 2.24) is 5.32 Å². The SMILES string of the molecule is CC(=NO)c1ccc(C)cc1OCC(=O)NC(C)C(C)C. The minimum atomic E-state index is -0.165. The summed E-state index contributed by atoms with van der Waals surface area (Å²) < 4.78 is 5.58. The third kappa shape index (κ3) is 5.10. The van der Waals surface area contributed by atoms with E-state index < -0.39 is 0 Å². The Balaban J connectivity index is 2.75. The van der Waals surface area contributed by atoms with Crippen LogP contribution < -0.4 is 10.1 Å². The topological polar surface area (TPSA) is 70.9 Å². The highest BCUT2D eigenvalue weighted by atomic mass is 16.5. The molecule has 0 aliphatic rings. The van der Waals surface area contributed by atoms with Gasteiger partial charge in [-0.1, -0.05) is 25.1 Å². The molecule has 21 heavy (non-hydrogen) atoms. The van der Waals surface area contributed by atoms with Gasteiger partial charge >= 0.3 is 0 Å². The van der Waals surface area contributed by atoms with E-state index in [1.165, 1.54) is 0 Å². The van der Waals surface area contributed by atoms with Crippen molar-refractivity contribution in [3.63, 3.8) is 0 Å². The van der Waals surface area contributed by atoms with E-state index in [2.05, 4.69) is 10.5 Å². The summed E-state index contributed by atoms with van der Waals surface area (Å²) in [5.74, 6) is 0.743. The van der Waals surface area contributed by atoms with Crippen LogP contribution in [0.15, 0.2) is 23.4 Å². The lowest BCUT2D eigenvalue weighted by Crippen LogP contribution is -2.39. The van der Waals surface area contributed by atoms with Crippen LogP contribution in [0.4, 0.5) is 0 Å². The lowest BCUT2D eigenvalue weighted by Gasteiger charge is -2.18. The number of hydrogen-bond donors (Lipinski definition) is 2. The van der Waals surface area contributed by atoms with Gasteiger partial charge in [-0.05, 0) is 44.4 Å². The van der Waals surface area contributed by atoms with Crippen LogP contribution in [-0.2, 0) is 4.79 Å². The Bertz CT molecular complexity index is 524. The Morgan fingerprint density at radius 3 is 2.62 bits per heavy atom. The molecule has 1 rings (SSSR count). The fraction of sp³-hybridized carbons (Fsp3) is 0.500. The molecule has 1 aromatic rings. The van der Waals surface area contributed by atoms with Gasteiger partial charge < -0.3 is 15.3 Å². The molecule has 0 fully saturated rings. The van der Waals surface area contributed by atoms with E-state index in [-0.39, 0.29) is 18.6 Å². The molecule has 0 aliphatic heterocycles. The molecule has 0 saturated carbocycles. The van der Waals surface area contributed by atoms with Gasteiger partial charge in [0, 0.05) is 11.6 Å². The Hall–Kier alpha value is -2.04. The van der Waals surface area contributed by atoms with Crippen molar-refractivity contribution in [3.8, 4) is 5.75 Å². The average Bonchev–Trinajstić information content (AvgIpc) is 2.44. The first kappa shape index (κ1) is 17.0. The third-order valence-electron chi connectivity index (χ3n) is 3.42. The summed E-state index contributed by atoms with van der Waals surface area (Å²) in [6.07, 6.45) is 0. The van der Waals surface area contributed by atoms with Crippen LogP contribution in [0.5, 0.6) is 5.75 Å². The van der Waals surface area contributed by atoms with Gasteiger partial charge in [0.2, 0.25) is 0 Å². The average molecular weight is 292 g/mol. The monoisotopic (exact) mass is 292 g/mol. The lowest BCUT2D eigenvalue weighted by atomic mass is 10.1. The summed E-state index contributed by atoms with van der Waals surface area (Å²) in [5, 5.41) is 15.0. The maximum atomic E-state index is 11.9. The Labute approximate surface area is 126 Å². The third-order valence-corrected chi connectivity index (χ3v) is 3.42. The van der Waals surface area contributed by atoms with Crippen LogP contribution >= 0.6 is 0 Å². The number of carbonyl (C=O) groups is 1. The van der Waals surface area contributed by atoms with E-state index in [1.54, 1.807) is 6.92 Å². The molecule has 1 unspecified atom stereocenters. The predicted octanol–water partition coefficient (Wildman–Crippen LogP) is 2.73. The summed E-state index contributed by atoms with van der Waals surface area (Å²) in [4.78, 5) is 11.9. The molecule has 0 heterocycles. The molecule has 1 amide bonds. The second kappa shape index (κ2) is 7.67. The van der Waals surface area contributed by atoms with Crippen LogP contribution in [-0.4, -0.2) is 29.5 Å². The van der Waals surface area contributed by atoms with Crippen molar-refractivity contribution in [1.29, 1.82) is 0 Å². The van der Waals surface area contributed by atoms with Gasteiger partial charge in [0.1, 0.15) is 5.75 Å². The number of aryl methyl sites for hydroxylation is 1. The molecular weight excluding hydrogens is 268 g/mol. The van der Waals surface area contributed by atoms with Crippen LogP contribution in [0.1, 0.15) is 38.8 Å². The molecule has 0 aliphatic carbocycles. The van der Waals surface area contributed by atoms with Gasteiger partial charge in [-0.3, -0.25) is 4.79 Å². The van der Waals surface area contributed by atoms with Crippen LogP contribution in [0.2, 0.25) is 0 Å². The Morgan fingerprint density at radius 1 is 1.38 bits per heavy atom. The van der Waals surface area contributed by atoms with E-state index in [4.69, 9.17) is 9.94 Å². The number of ether oxygens (including phenoxy) is 1.